The molecule has 4 nitrogen and oxygen atoms in total. The lowest BCUT2D eigenvalue weighted by atomic mass is 9.96. The highest BCUT2D eigenvalue weighted by Crippen LogP contribution is 2.40. The monoisotopic (exact) mass is 465 g/mol. The van der Waals surface area contributed by atoms with E-state index < -0.39 is 0 Å². The van der Waals surface area contributed by atoms with Crippen LogP contribution in [0.15, 0.2) is 71.4 Å². The van der Waals surface area contributed by atoms with E-state index in [9.17, 15) is 4.79 Å². The first-order valence-electron chi connectivity index (χ1n) is 9.98. The molecule has 1 amide bonds. The lowest BCUT2D eigenvalue weighted by Gasteiger charge is -2.13. The van der Waals surface area contributed by atoms with Gasteiger partial charge in [0, 0.05) is 33.8 Å². The molecular formula is C26H21Cl2NO3. The molecule has 0 aliphatic carbocycles. The Kier molecular flexibility index (Phi) is 6.26. The molecule has 1 aromatic heterocycles. The van der Waals surface area contributed by atoms with E-state index in [1.165, 1.54) is 6.08 Å². The average molecular weight is 466 g/mol. The van der Waals surface area contributed by atoms with E-state index in [0.29, 0.717) is 21.5 Å². The normalized spacial score (nSPS) is 11.6. The predicted octanol–water partition coefficient (Wildman–Crippen LogP) is 7.77. The lowest BCUT2D eigenvalue weighted by molar-refractivity contribution is -0.111. The molecule has 0 aliphatic rings. The summed E-state index contributed by atoms with van der Waals surface area (Å²) in [4.78, 5) is 12.7. The molecule has 0 aliphatic heterocycles. The molecule has 0 fully saturated rings. The van der Waals surface area contributed by atoms with Gasteiger partial charge in [0.25, 0.3) is 0 Å². The highest BCUT2D eigenvalue weighted by Gasteiger charge is 2.18. The molecule has 6 heteroatoms. The summed E-state index contributed by atoms with van der Waals surface area (Å²) in [5.74, 6) is 0.388. The number of fused-ring (bicyclic) bond motifs is 1. The number of furan rings is 1. The minimum atomic E-state index is -0.281. The number of ether oxygens (including phenoxy) is 1. The molecule has 1 heterocycles. The summed E-state index contributed by atoms with van der Waals surface area (Å²) in [6, 6.07) is 17.0. The molecular weight excluding hydrogens is 445 g/mol. The second-order valence-corrected chi connectivity index (χ2v) is 8.23. The zero-order chi connectivity index (χ0) is 22.8. The van der Waals surface area contributed by atoms with Crippen LogP contribution in [0.25, 0.3) is 27.7 Å². The first kappa shape index (κ1) is 22.0. The summed E-state index contributed by atoms with van der Waals surface area (Å²) in [6.07, 6.45) is 3.29. The number of carbonyl (C=O) groups excluding carboxylic acids is 1. The maximum Gasteiger partial charge on any atom is 0.248 e. The zero-order valence-corrected chi connectivity index (χ0v) is 19.3. The van der Waals surface area contributed by atoms with Gasteiger partial charge in [0.15, 0.2) is 0 Å². The van der Waals surface area contributed by atoms with Crippen LogP contribution in [0, 0.1) is 6.92 Å². The largest absolute Gasteiger partial charge is 0.496 e. The number of methoxy groups -OCH3 is 1. The number of carbonyl (C=O) groups is 1. The van der Waals surface area contributed by atoms with Crippen molar-refractivity contribution in [1.82, 2.24) is 0 Å². The summed E-state index contributed by atoms with van der Waals surface area (Å²) in [6.45, 7) is 3.83. The SMILES string of the molecule is COc1c(/C(C)=C/C(=O)Nc2ccc(Cl)c(Cl)c2)cc2c(-c3ccccc3)coc2c1C. The van der Waals surface area contributed by atoms with E-state index in [-0.39, 0.29) is 5.91 Å². The van der Waals surface area contributed by atoms with Gasteiger partial charge < -0.3 is 14.5 Å². The zero-order valence-electron chi connectivity index (χ0n) is 17.8. The Morgan fingerprint density at radius 3 is 2.50 bits per heavy atom. The highest BCUT2D eigenvalue weighted by atomic mass is 35.5. The molecule has 1 N–H and O–H groups in total. The third-order valence-corrected chi connectivity index (χ3v) is 6.03. The van der Waals surface area contributed by atoms with E-state index in [2.05, 4.69) is 5.32 Å². The summed E-state index contributed by atoms with van der Waals surface area (Å²) in [7, 11) is 1.61. The number of allylic oxidation sites excluding steroid dienone is 1. The molecule has 4 rings (SSSR count). The van der Waals surface area contributed by atoms with Crippen LogP contribution < -0.4 is 10.1 Å². The van der Waals surface area contributed by atoms with Crippen molar-refractivity contribution in [3.05, 3.63) is 88.1 Å². The fraction of sp³-hybridized carbons (Fsp3) is 0.115. The van der Waals surface area contributed by atoms with E-state index in [0.717, 1.165) is 38.8 Å². The Bertz CT molecular complexity index is 1340. The minimum absolute atomic E-state index is 0.281. The van der Waals surface area contributed by atoms with Crippen LogP contribution in [0.4, 0.5) is 5.69 Å². The molecule has 32 heavy (non-hydrogen) atoms. The van der Waals surface area contributed by atoms with Crippen molar-refractivity contribution in [1.29, 1.82) is 0 Å². The topological polar surface area (TPSA) is 51.5 Å². The quantitative estimate of drug-likeness (QED) is 0.306. The number of nitrogens with one attached hydrogen (secondary N) is 1. The van der Waals surface area contributed by atoms with Gasteiger partial charge in [-0.3, -0.25) is 4.79 Å². The van der Waals surface area contributed by atoms with Crippen molar-refractivity contribution >= 4 is 51.3 Å². The molecule has 0 atom stereocenters. The maximum atomic E-state index is 12.7. The van der Waals surface area contributed by atoms with Gasteiger partial charge >= 0.3 is 0 Å². The number of benzene rings is 3. The van der Waals surface area contributed by atoms with Gasteiger partial charge in [-0.1, -0.05) is 53.5 Å². The Morgan fingerprint density at radius 1 is 1.06 bits per heavy atom. The second-order valence-electron chi connectivity index (χ2n) is 7.42. The smallest absolute Gasteiger partial charge is 0.248 e. The minimum Gasteiger partial charge on any atom is -0.496 e. The average Bonchev–Trinajstić information content (AvgIpc) is 3.21. The number of anilines is 1. The number of halogens is 2. The summed E-state index contributed by atoms with van der Waals surface area (Å²) >= 11 is 12.0. The Hall–Kier alpha value is -3.21. The molecule has 162 valence electrons. The molecule has 4 aromatic rings. The van der Waals surface area contributed by atoms with E-state index in [4.69, 9.17) is 32.4 Å². The van der Waals surface area contributed by atoms with Gasteiger partial charge in [0.2, 0.25) is 5.91 Å². The Balaban J connectivity index is 1.74. The molecule has 0 bridgehead atoms. The molecule has 3 aromatic carbocycles. The summed E-state index contributed by atoms with van der Waals surface area (Å²) in [5.41, 5.74) is 5.82. The number of hydrogen-bond donors (Lipinski definition) is 1. The van der Waals surface area contributed by atoms with Crippen molar-refractivity contribution in [2.75, 3.05) is 12.4 Å². The summed E-state index contributed by atoms with van der Waals surface area (Å²) in [5, 5.41) is 4.58. The van der Waals surface area contributed by atoms with Gasteiger partial charge in [0.1, 0.15) is 11.3 Å². The van der Waals surface area contributed by atoms with Crippen LogP contribution >= 0.6 is 23.2 Å². The maximum absolute atomic E-state index is 12.7. The number of amides is 1. The van der Waals surface area contributed by atoms with E-state index in [1.807, 2.05) is 50.2 Å². The van der Waals surface area contributed by atoms with Gasteiger partial charge in [-0.2, -0.15) is 0 Å². The van der Waals surface area contributed by atoms with Gasteiger partial charge in [0.05, 0.1) is 23.4 Å². The number of rotatable bonds is 5. The molecule has 0 spiro atoms. The number of hydrogen-bond acceptors (Lipinski definition) is 3. The van der Waals surface area contributed by atoms with Gasteiger partial charge in [-0.25, -0.2) is 0 Å². The van der Waals surface area contributed by atoms with Gasteiger partial charge in [-0.15, -0.1) is 0 Å². The summed E-state index contributed by atoms with van der Waals surface area (Å²) < 4.78 is 11.6. The van der Waals surface area contributed by atoms with Crippen molar-refractivity contribution in [3.8, 4) is 16.9 Å². The molecule has 0 saturated carbocycles. The third-order valence-electron chi connectivity index (χ3n) is 5.29. The fourth-order valence-electron chi connectivity index (χ4n) is 3.74. The second kappa shape index (κ2) is 9.11. The van der Waals surface area contributed by atoms with Crippen LogP contribution in [0.5, 0.6) is 5.75 Å². The predicted molar refractivity (Wildman–Crippen MR) is 132 cm³/mol. The number of aryl methyl sites for hydroxylation is 1. The van der Waals surface area contributed by atoms with Crippen molar-refractivity contribution < 1.29 is 13.9 Å². The lowest BCUT2D eigenvalue weighted by Crippen LogP contribution is -2.08. The first-order valence-corrected chi connectivity index (χ1v) is 10.7. The Morgan fingerprint density at radius 2 is 1.81 bits per heavy atom. The van der Waals surface area contributed by atoms with Crippen molar-refractivity contribution in [3.63, 3.8) is 0 Å². The first-order chi connectivity index (χ1) is 15.4. The van der Waals surface area contributed by atoms with Crippen LogP contribution in [-0.2, 0) is 4.79 Å². The van der Waals surface area contributed by atoms with Crippen LogP contribution in [-0.4, -0.2) is 13.0 Å². The molecule has 0 saturated heterocycles. The molecule has 0 unspecified atom stereocenters. The third kappa shape index (κ3) is 4.24. The Labute approximate surface area is 196 Å². The standard InChI is InChI=1S/C26H21Cl2NO3/c1-15(11-24(30)29-18-9-10-22(27)23(28)12-18)19-13-20-21(17-7-5-4-6-8-17)14-32-26(20)16(2)25(19)31-3/h4-14H,1-3H3,(H,29,30)/b15-11+. The fourth-order valence-corrected chi connectivity index (χ4v) is 4.04. The van der Waals surface area contributed by atoms with E-state index >= 15 is 0 Å². The van der Waals surface area contributed by atoms with Crippen molar-refractivity contribution in [2.24, 2.45) is 0 Å². The van der Waals surface area contributed by atoms with Crippen molar-refractivity contribution in [2.45, 2.75) is 13.8 Å². The van der Waals surface area contributed by atoms with Crippen LogP contribution in [0.1, 0.15) is 18.1 Å². The van der Waals surface area contributed by atoms with Crippen LogP contribution in [0.2, 0.25) is 10.0 Å². The molecule has 0 radical (unpaired) electrons. The van der Waals surface area contributed by atoms with Crippen LogP contribution in [0.3, 0.4) is 0 Å². The van der Waals surface area contributed by atoms with E-state index in [1.54, 1.807) is 31.6 Å². The highest BCUT2D eigenvalue weighted by molar-refractivity contribution is 6.42. The van der Waals surface area contributed by atoms with Gasteiger partial charge in [-0.05, 0) is 49.2 Å².